The van der Waals surface area contributed by atoms with Gasteiger partial charge in [0.15, 0.2) is 20.8 Å². The SMILES string of the molecule is C[C@H]1CC(F)(F)CN1Cc1nc(-c2noc(CC(C)(C)OC=O)n2)sc1-c1ccc(C(C)(C(F)(F)F)C(F)(F)F)cc1C(F)F.Cc1cc(C(C)(C(F)(F)F)C(F)(F)F)ccc1-c1sc(-c2noc(CC(C)(C)OC=O)n2)nc1CN1CC(F)(F)C[C@@H]1C. The highest BCUT2D eigenvalue weighted by Gasteiger charge is 2.69. The number of carbonyl (C=O) groups is 2. The Balaban J connectivity index is 0.000000251. The lowest BCUT2D eigenvalue weighted by Gasteiger charge is -2.34. The molecular formula is C54H54F18N8O6S2. The smallest absolute Gasteiger partial charge is 0.406 e. The highest BCUT2D eigenvalue weighted by molar-refractivity contribution is 7.18. The molecule has 2 fully saturated rings. The molecule has 6 heterocycles. The molecule has 0 aliphatic carbocycles. The average molecular weight is 1320 g/mol. The number of rotatable bonds is 19. The van der Waals surface area contributed by atoms with Gasteiger partial charge < -0.3 is 18.5 Å². The van der Waals surface area contributed by atoms with Gasteiger partial charge in [0, 0.05) is 49.1 Å². The highest BCUT2D eigenvalue weighted by Crippen LogP contribution is 2.55. The molecule has 6 aromatic rings. The zero-order valence-corrected chi connectivity index (χ0v) is 49.3. The number of nitrogens with zero attached hydrogens (tertiary/aromatic N) is 8. The van der Waals surface area contributed by atoms with Crippen LogP contribution in [0, 0.1) is 6.92 Å². The molecule has 0 unspecified atom stereocenters. The van der Waals surface area contributed by atoms with Crippen LogP contribution < -0.4 is 0 Å². The van der Waals surface area contributed by atoms with Crippen molar-refractivity contribution in [3.63, 3.8) is 0 Å². The van der Waals surface area contributed by atoms with Gasteiger partial charge in [0.1, 0.15) is 11.2 Å². The number of hydrogen-bond acceptors (Lipinski definition) is 16. The fourth-order valence-electron chi connectivity index (χ4n) is 9.86. The minimum Gasteiger partial charge on any atom is -0.461 e. The van der Waals surface area contributed by atoms with Gasteiger partial charge in [0.05, 0.1) is 47.1 Å². The van der Waals surface area contributed by atoms with Gasteiger partial charge in [-0.2, -0.15) is 62.7 Å². The van der Waals surface area contributed by atoms with Crippen LogP contribution in [0.1, 0.15) is 120 Å². The summed E-state index contributed by atoms with van der Waals surface area (Å²) in [4.78, 5) is 41.9. The minimum atomic E-state index is -5.88. The zero-order valence-electron chi connectivity index (χ0n) is 47.7. The van der Waals surface area contributed by atoms with Crippen molar-refractivity contribution in [2.75, 3.05) is 13.1 Å². The number of aryl methyl sites for hydroxylation is 1. The fourth-order valence-corrected chi connectivity index (χ4v) is 12.0. The van der Waals surface area contributed by atoms with Crippen LogP contribution in [0.5, 0.6) is 0 Å². The van der Waals surface area contributed by atoms with Crippen molar-refractivity contribution in [3.8, 4) is 42.5 Å². The van der Waals surface area contributed by atoms with Crippen LogP contribution in [0.15, 0.2) is 45.4 Å². The van der Waals surface area contributed by atoms with E-state index < -0.39 is 119 Å². The van der Waals surface area contributed by atoms with E-state index in [1.165, 1.54) is 23.6 Å². The van der Waals surface area contributed by atoms with Gasteiger partial charge in [0.2, 0.25) is 23.4 Å². The molecule has 0 spiro atoms. The van der Waals surface area contributed by atoms with Crippen LogP contribution in [0.25, 0.3) is 42.5 Å². The largest absolute Gasteiger partial charge is 0.461 e. The summed E-state index contributed by atoms with van der Waals surface area (Å²) in [7, 11) is 0. The topological polar surface area (TPSA) is 163 Å². The lowest BCUT2D eigenvalue weighted by molar-refractivity contribution is -0.298. The zero-order chi connectivity index (χ0) is 65.9. The van der Waals surface area contributed by atoms with Crippen LogP contribution in [0.4, 0.5) is 79.0 Å². The number of carbonyl (C=O) groups excluding carboxylic acids is 2. The summed E-state index contributed by atoms with van der Waals surface area (Å²) in [5, 5.41) is 7.83. The standard InChI is InChI=1S/C27H26F10N4O3S.C27H28F8N4O3S/c1-13-8-25(30,31)11-41(13)10-17-19(45-22(38-17)21-39-18(44-40-21)9-23(2,3)43-12-42)15-6-5-14(7-16(15)20(28)29)24(4,26(32,33)34)27(35,36)37;1-14-8-16(24(5,26(30,31)32)27(33,34)35)6-7-17(14)20-18(11-39-12-25(28,29)9-15(39)2)36-22(43-20)21-37-19(42-38-21)10-23(3,4)41-13-40/h5-7,12-13,20H,8-11H2,1-4H3;6-8,13,15H,9-12H2,1-5H3/t13-;15-/m00/s1. The van der Waals surface area contributed by atoms with Crippen LogP contribution in [-0.2, 0) is 55.8 Å². The summed E-state index contributed by atoms with van der Waals surface area (Å²) in [6.45, 7) is 9.64. The maximum atomic E-state index is 14.4. The molecule has 14 nitrogen and oxygen atoms in total. The summed E-state index contributed by atoms with van der Waals surface area (Å²) in [6.07, 6.45) is -27.4. The Bertz CT molecular complexity index is 3430. The second kappa shape index (κ2) is 24.4. The van der Waals surface area contributed by atoms with E-state index in [1.54, 1.807) is 34.6 Å². The first-order valence-corrected chi connectivity index (χ1v) is 27.8. The van der Waals surface area contributed by atoms with Gasteiger partial charge in [-0.05, 0) is 90.6 Å². The molecule has 2 atom stereocenters. The molecule has 0 amide bonds. The van der Waals surface area contributed by atoms with Gasteiger partial charge >= 0.3 is 24.7 Å². The molecule has 2 aromatic carbocycles. The van der Waals surface area contributed by atoms with Gasteiger partial charge in [0.25, 0.3) is 31.2 Å². The molecule has 2 aliphatic heterocycles. The summed E-state index contributed by atoms with van der Waals surface area (Å²) in [6, 6.07) is 2.85. The number of aromatic nitrogens is 6. The Morgan fingerprint density at radius 3 is 1.28 bits per heavy atom. The van der Waals surface area contributed by atoms with Crippen LogP contribution in [0.2, 0.25) is 0 Å². The van der Waals surface area contributed by atoms with Gasteiger partial charge in [-0.3, -0.25) is 19.4 Å². The van der Waals surface area contributed by atoms with Crippen LogP contribution >= 0.6 is 22.7 Å². The Labute approximate surface area is 497 Å². The Morgan fingerprint density at radius 2 is 0.955 bits per heavy atom. The first kappa shape index (κ1) is 69.1. The predicted molar refractivity (Wildman–Crippen MR) is 279 cm³/mol. The van der Waals surface area contributed by atoms with Gasteiger partial charge in [-0.25, -0.2) is 36.3 Å². The molecule has 484 valence electrons. The third-order valence-corrected chi connectivity index (χ3v) is 17.3. The second-order valence-electron chi connectivity index (χ2n) is 22.9. The molecule has 4 aromatic heterocycles. The van der Waals surface area contributed by atoms with Crippen molar-refractivity contribution in [3.05, 3.63) is 81.8 Å². The first-order valence-electron chi connectivity index (χ1n) is 26.2. The van der Waals surface area contributed by atoms with E-state index in [9.17, 15) is 88.6 Å². The average Bonchev–Trinajstić information content (AvgIpc) is 1.07. The maximum Gasteiger partial charge on any atom is 0.406 e. The van der Waals surface area contributed by atoms with Crippen molar-refractivity contribution in [2.45, 2.75) is 178 Å². The number of alkyl halides is 18. The molecule has 2 aliphatic rings. The van der Waals surface area contributed by atoms with Crippen molar-refractivity contribution in [1.29, 1.82) is 0 Å². The molecular weight excluding hydrogens is 1260 g/mol. The molecule has 34 heteroatoms. The number of ether oxygens (including phenoxy) is 2. The quantitative estimate of drug-likeness (QED) is 0.0556. The van der Waals surface area contributed by atoms with Crippen LogP contribution in [0.3, 0.4) is 0 Å². The minimum absolute atomic E-state index is 0.0147. The normalized spacial score (nSPS) is 18.2. The van der Waals surface area contributed by atoms with E-state index in [0.717, 1.165) is 29.5 Å². The van der Waals surface area contributed by atoms with Crippen molar-refractivity contribution in [2.24, 2.45) is 0 Å². The third-order valence-electron chi connectivity index (χ3n) is 15.0. The monoisotopic (exact) mass is 1320 g/mol. The molecule has 8 rings (SSSR count). The lowest BCUT2D eigenvalue weighted by Crippen LogP contribution is -2.51. The van der Waals surface area contributed by atoms with Crippen molar-refractivity contribution < 1.29 is 107 Å². The van der Waals surface area contributed by atoms with E-state index in [-0.39, 0.29) is 126 Å². The molecule has 0 radical (unpaired) electrons. The molecule has 88 heavy (non-hydrogen) atoms. The van der Waals surface area contributed by atoms with E-state index >= 15 is 0 Å². The number of thiazole rings is 2. The summed E-state index contributed by atoms with van der Waals surface area (Å²) in [5.41, 5.74) is -14.1. The van der Waals surface area contributed by atoms with E-state index in [4.69, 9.17) is 18.5 Å². The molecule has 0 saturated carbocycles. The first-order chi connectivity index (χ1) is 40.3. The van der Waals surface area contributed by atoms with E-state index in [0.29, 0.717) is 28.3 Å². The van der Waals surface area contributed by atoms with E-state index in [2.05, 4.69) is 30.2 Å². The van der Waals surface area contributed by atoms with E-state index in [1.807, 2.05) is 0 Å². The summed E-state index contributed by atoms with van der Waals surface area (Å²) < 4.78 is 270. The summed E-state index contributed by atoms with van der Waals surface area (Å²) in [5.74, 6) is -6.06. The molecule has 2 saturated heterocycles. The Kier molecular flexibility index (Phi) is 19.2. The second-order valence-corrected chi connectivity index (χ2v) is 24.9. The summed E-state index contributed by atoms with van der Waals surface area (Å²) >= 11 is 1.66. The molecule has 0 N–H and O–H groups in total. The third kappa shape index (κ3) is 14.6. The predicted octanol–water partition coefficient (Wildman–Crippen LogP) is 15.2. The highest BCUT2D eigenvalue weighted by atomic mass is 32.1. The van der Waals surface area contributed by atoms with Gasteiger partial charge in [-0.15, -0.1) is 22.7 Å². The number of hydrogen-bond donors (Lipinski definition) is 0. The van der Waals surface area contributed by atoms with Crippen molar-refractivity contribution in [1.82, 2.24) is 40.0 Å². The van der Waals surface area contributed by atoms with Gasteiger partial charge in [-0.1, -0.05) is 40.6 Å². The fraction of sp³-hybridized carbons (Fsp3) is 0.556. The molecule has 0 bridgehead atoms. The number of likely N-dealkylation sites (tertiary alicyclic amines) is 2. The van der Waals surface area contributed by atoms with Crippen molar-refractivity contribution >= 4 is 35.6 Å². The van der Waals surface area contributed by atoms with Crippen LogP contribution in [-0.4, -0.2) is 126 Å². The lowest BCUT2D eigenvalue weighted by atomic mass is 9.79. The number of halogens is 18. The Morgan fingerprint density at radius 1 is 0.591 bits per heavy atom. The maximum absolute atomic E-state index is 14.4. The Hall–Kier alpha value is -6.42. The number of benzene rings is 2.